The Kier molecular flexibility index (Phi) is 3.02. The highest BCUT2D eigenvalue weighted by Crippen LogP contribution is 2.18. The van der Waals surface area contributed by atoms with Crippen LogP contribution in [0.5, 0.6) is 0 Å². The molecule has 0 aromatic rings. The molecule has 1 aliphatic heterocycles. The minimum absolute atomic E-state index is 0.0457. The molecule has 0 bridgehead atoms. The summed E-state index contributed by atoms with van der Waals surface area (Å²) in [6.07, 6.45) is 0.664. The van der Waals surface area contributed by atoms with Gasteiger partial charge in [-0.25, -0.2) is 0 Å². The predicted molar refractivity (Wildman–Crippen MR) is 40.2 cm³/mol. The van der Waals surface area contributed by atoms with Crippen molar-refractivity contribution in [3.63, 3.8) is 0 Å². The molecule has 0 aromatic heterocycles. The smallest absolute Gasteiger partial charge is 0.132 e. The molecule has 1 saturated heterocycles. The average Bonchev–Trinajstić information content (AvgIpc) is 2.35. The molecule has 1 N–H and O–H groups in total. The van der Waals surface area contributed by atoms with Crippen molar-refractivity contribution in [1.29, 1.82) is 0 Å². The molecule has 0 unspecified atom stereocenters. The number of ketones is 1. The largest absolute Gasteiger partial charge is 0.392 e. The van der Waals surface area contributed by atoms with Crippen LogP contribution in [0.25, 0.3) is 0 Å². The first-order valence-corrected chi connectivity index (χ1v) is 3.95. The number of aliphatic hydroxyl groups excluding tert-OH is 1. The monoisotopic (exact) mass is 158 g/mol. The number of rotatable bonds is 3. The Bertz CT molecular complexity index is 138. The predicted octanol–water partition coefficient (Wildman–Crippen LogP) is 0.363. The van der Waals surface area contributed by atoms with E-state index in [1.54, 1.807) is 0 Å². The van der Waals surface area contributed by atoms with E-state index in [9.17, 15) is 9.90 Å². The normalized spacial score (nSPS) is 26.9. The minimum Gasteiger partial charge on any atom is -0.392 e. The molecule has 0 saturated carbocycles. The third-order valence-electron chi connectivity index (χ3n) is 2.01. The van der Waals surface area contributed by atoms with E-state index in [1.807, 2.05) is 0 Å². The summed E-state index contributed by atoms with van der Waals surface area (Å²) >= 11 is 0. The van der Waals surface area contributed by atoms with Crippen LogP contribution in [0.4, 0.5) is 0 Å². The standard InChI is InChI=1S/C8H14O3/c1-6(9)4-8(10)7-2-3-11-5-7/h7-8,10H,2-5H2,1H3/t7-,8+/m0/s1. The first-order chi connectivity index (χ1) is 5.20. The van der Waals surface area contributed by atoms with Crippen molar-refractivity contribution < 1.29 is 14.6 Å². The maximum Gasteiger partial charge on any atom is 0.132 e. The van der Waals surface area contributed by atoms with Crippen LogP contribution in [0.2, 0.25) is 0 Å². The van der Waals surface area contributed by atoms with Crippen molar-refractivity contribution in [3.8, 4) is 0 Å². The Labute approximate surface area is 66.4 Å². The van der Waals surface area contributed by atoms with Gasteiger partial charge in [0.1, 0.15) is 5.78 Å². The highest BCUT2D eigenvalue weighted by Gasteiger charge is 2.24. The third-order valence-corrected chi connectivity index (χ3v) is 2.01. The van der Waals surface area contributed by atoms with Crippen molar-refractivity contribution in [1.82, 2.24) is 0 Å². The SMILES string of the molecule is CC(=O)C[C@@H](O)[C@H]1CCOC1. The Hall–Kier alpha value is -0.410. The topological polar surface area (TPSA) is 46.5 Å². The second-order valence-corrected chi connectivity index (χ2v) is 3.10. The van der Waals surface area contributed by atoms with E-state index in [2.05, 4.69) is 0 Å². The summed E-state index contributed by atoms with van der Waals surface area (Å²) in [4.78, 5) is 10.6. The number of hydrogen-bond donors (Lipinski definition) is 1. The molecule has 1 rings (SSSR count). The Morgan fingerprint density at radius 1 is 1.82 bits per heavy atom. The van der Waals surface area contributed by atoms with Gasteiger partial charge in [-0.1, -0.05) is 0 Å². The molecule has 64 valence electrons. The number of hydrogen-bond acceptors (Lipinski definition) is 3. The van der Waals surface area contributed by atoms with E-state index in [0.717, 1.165) is 13.0 Å². The quantitative estimate of drug-likeness (QED) is 0.645. The molecule has 0 aliphatic carbocycles. The first kappa shape index (κ1) is 8.68. The fourth-order valence-corrected chi connectivity index (χ4v) is 1.32. The molecule has 0 spiro atoms. The molecule has 2 atom stereocenters. The second-order valence-electron chi connectivity index (χ2n) is 3.10. The van der Waals surface area contributed by atoms with Gasteiger partial charge in [0.05, 0.1) is 12.7 Å². The van der Waals surface area contributed by atoms with Crippen molar-refractivity contribution in [2.75, 3.05) is 13.2 Å². The van der Waals surface area contributed by atoms with Crippen LogP contribution >= 0.6 is 0 Å². The van der Waals surface area contributed by atoms with E-state index in [4.69, 9.17) is 4.74 Å². The van der Waals surface area contributed by atoms with Gasteiger partial charge >= 0.3 is 0 Å². The lowest BCUT2D eigenvalue weighted by Crippen LogP contribution is -2.22. The molecular weight excluding hydrogens is 144 g/mol. The van der Waals surface area contributed by atoms with E-state index in [1.165, 1.54) is 6.92 Å². The Balaban J connectivity index is 2.28. The summed E-state index contributed by atoms with van der Waals surface area (Å²) in [6, 6.07) is 0. The molecular formula is C8H14O3. The van der Waals surface area contributed by atoms with Gasteiger partial charge in [0, 0.05) is 18.9 Å². The highest BCUT2D eigenvalue weighted by atomic mass is 16.5. The van der Waals surface area contributed by atoms with E-state index >= 15 is 0 Å². The number of Topliss-reactive ketones (excluding diaryl/α,β-unsaturated/α-hetero) is 1. The van der Waals surface area contributed by atoms with Gasteiger partial charge in [0.25, 0.3) is 0 Å². The highest BCUT2D eigenvalue weighted by molar-refractivity contribution is 5.75. The Morgan fingerprint density at radius 2 is 2.55 bits per heavy atom. The van der Waals surface area contributed by atoms with Gasteiger partial charge in [-0.2, -0.15) is 0 Å². The van der Waals surface area contributed by atoms with Crippen LogP contribution in [-0.4, -0.2) is 30.2 Å². The van der Waals surface area contributed by atoms with Gasteiger partial charge in [0.2, 0.25) is 0 Å². The van der Waals surface area contributed by atoms with E-state index in [0.29, 0.717) is 6.61 Å². The molecule has 1 aliphatic rings. The maximum atomic E-state index is 10.6. The van der Waals surface area contributed by atoms with Gasteiger partial charge in [-0.15, -0.1) is 0 Å². The van der Waals surface area contributed by atoms with Gasteiger partial charge in [-0.3, -0.25) is 4.79 Å². The number of carbonyl (C=O) groups excluding carboxylic acids is 1. The average molecular weight is 158 g/mol. The van der Waals surface area contributed by atoms with E-state index in [-0.39, 0.29) is 18.1 Å². The van der Waals surface area contributed by atoms with Crippen molar-refractivity contribution >= 4 is 5.78 Å². The lowest BCUT2D eigenvalue weighted by atomic mass is 9.98. The first-order valence-electron chi connectivity index (χ1n) is 3.95. The van der Waals surface area contributed by atoms with Crippen LogP contribution in [-0.2, 0) is 9.53 Å². The van der Waals surface area contributed by atoms with Crippen LogP contribution in [0.15, 0.2) is 0 Å². The Morgan fingerprint density at radius 3 is 3.00 bits per heavy atom. The van der Waals surface area contributed by atoms with Gasteiger partial charge in [-0.05, 0) is 13.3 Å². The van der Waals surface area contributed by atoms with Gasteiger partial charge < -0.3 is 9.84 Å². The molecule has 3 nitrogen and oxygen atoms in total. The van der Waals surface area contributed by atoms with Crippen molar-refractivity contribution in [3.05, 3.63) is 0 Å². The lowest BCUT2D eigenvalue weighted by molar-refractivity contribution is -0.119. The molecule has 1 heterocycles. The van der Waals surface area contributed by atoms with Crippen LogP contribution in [0.3, 0.4) is 0 Å². The maximum absolute atomic E-state index is 10.6. The number of carbonyl (C=O) groups is 1. The fraction of sp³-hybridized carbons (Fsp3) is 0.875. The summed E-state index contributed by atoms with van der Waals surface area (Å²) in [5, 5.41) is 9.42. The van der Waals surface area contributed by atoms with Crippen molar-refractivity contribution in [2.24, 2.45) is 5.92 Å². The van der Waals surface area contributed by atoms with E-state index < -0.39 is 6.10 Å². The van der Waals surface area contributed by atoms with Crippen LogP contribution < -0.4 is 0 Å². The molecule has 11 heavy (non-hydrogen) atoms. The summed E-state index contributed by atoms with van der Waals surface area (Å²) in [7, 11) is 0. The fourth-order valence-electron chi connectivity index (χ4n) is 1.32. The zero-order valence-corrected chi connectivity index (χ0v) is 6.75. The number of ether oxygens (including phenoxy) is 1. The second kappa shape index (κ2) is 3.83. The van der Waals surface area contributed by atoms with Crippen LogP contribution in [0.1, 0.15) is 19.8 Å². The van der Waals surface area contributed by atoms with Crippen molar-refractivity contribution in [2.45, 2.75) is 25.9 Å². The summed E-state index contributed by atoms with van der Waals surface area (Å²) in [5.41, 5.74) is 0. The lowest BCUT2D eigenvalue weighted by Gasteiger charge is -2.13. The molecule has 0 radical (unpaired) electrons. The summed E-state index contributed by atoms with van der Waals surface area (Å²) in [5.74, 6) is 0.225. The van der Waals surface area contributed by atoms with Crippen LogP contribution in [0, 0.1) is 5.92 Å². The molecule has 3 heteroatoms. The number of aliphatic hydroxyl groups is 1. The minimum atomic E-state index is -0.491. The third kappa shape index (κ3) is 2.60. The molecule has 1 fully saturated rings. The molecule has 0 amide bonds. The zero-order valence-electron chi connectivity index (χ0n) is 6.75. The summed E-state index contributed by atoms with van der Waals surface area (Å²) in [6.45, 7) is 2.83. The zero-order chi connectivity index (χ0) is 8.27. The summed E-state index contributed by atoms with van der Waals surface area (Å²) < 4.78 is 5.09. The van der Waals surface area contributed by atoms with Gasteiger partial charge in [0.15, 0.2) is 0 Å². The molecule has 0 aromatic carbocycles.